The summed E-state index contributed by atoms with van der Waals surface area (Å²) in [5.41, 5.74) is 0.663. The van der Waals surface area contributed by atoms with E-state index in [2.05, 4.69) is 10.3 Å². The molecule has 0 aliphatic rings. The molecule has 0 bridgehead atoms. The summed E-state index contributed by atoms with van der Waals surface area (Å²) in [6.07, 6.45) is 1.05. The second-order valence-electron chi connectivity index (χ2n) is 6.46. The van der Waals surface area contributed by atoms with E-state index in [-0.39, 0.29) is 39.7 Å². The standard InChI is InChI=1S/C19H21Cl2FN2O4/c1-10(2)12-9-11(6-7-13(12)25)28-17-15(20)18(22)24-19(16(17)21)23-8-4-3-5-14(26)27/h6-7,9-10,25H,3-5,8H2,1-2H3,(H,23,24)(H,26,27). The molecule has 1 aromatic heterocycles. The molecule has 1 heterocycles. The zero-order valence-electron chi connectivity index (χ0n) is 15.4. The van der Waals surface area contributed by atoms with Gasteiger partial charge in [0.25, 0.3) is 0 Å². The Hall–Kier alpha value is -2.25. The van der Waals surface area contributed by atoms with Crippen LogP contribution in [0.1, 0.15) is 44.6 Å². The van der Waals surface area contributed by atoms with Crippen LogP contribution < -0.4 is 10.1 Å². The molecule has 0 aliphatic heterocycles. The molecule has 2 aromatic rings. The minimum Gasteiger partial charge on any atom is -0.508 e. The van der Waals surface area contributed by atoms with E-state index in [1.807, 2.05) is 13.8 Å². The van der Waals surface area contributed by atoms with Gasteiger partial charge < -0.3 is 20.3 Å². The lowest BCUT2D eigenvalue weighted by atomic mass is 10.0. The first-order valence-electron chi connectivity index (χ1n) is 8.71. The third-order valence-corrected chi connectivity index (χ3v) is 4.63. The minimum absolute atomic E-state index is 0.00352. The zero-order chi connectivity index (χ0) is 20.8. The fourth-order valence-electron chi connectivity index (χ4n) is 2.49. The molecule has 28 heavy (non-hydrogen) atoms. The van der Waals surface area contributed by atoms with Crippen LogP contribution in [-0.4, -0.2) is 27.7 Å². The number of halogens is 3. The maximum Gasteiger partial charge on any atom is 0.303 e. The molecule has 9 heteroatoms. The molecule has 0 amide bonds. The van der Waals surface area contributed by atoms with Crippen molar-refractivity contribution >= 4 is 35.0 Å². The van der Waals surface area contributed by atoms with E-state index in [9.17, 15) is 14.3 Å². The molecule has 0 atom stereocenters. The Morgan fingerprint density at radius 1 is 1.29 bits per heavy atom. The predicted octanol–water partition coefficient (Wildman–Crippen LogP) is 5.82. The molecule has 0 radical (unpaired) electrons. The second-order valence-corrected chi connectivity index (χ2v) is 7.22. The van der Waals surface area contributed by atoms with Crippen molar-refractivity contribution in [3.05, 3.63) is 39.8 Å². The van der Waals surface area contributed by atoms with Crippen LogP contribution in [0.5, 0.6) is 17.2 Å². The fourth-order valence-corrected chi connectivity index (χ4v) is 2.95. The molecule has 0 saturated carbocycles. The summed E-state index contributed by atoms with van der Waals surface area (Å²) in [6.45, 7) is 4.19. The number of aliphatic carboxylic acids is 1. The molecule has 0 unspecified atom stereocenters. The van der Waals surface area contributed by atoms with Crippen molar-refractivity contribution in [1.82, 2.24) is 4.98 Å². The lowest BCUT2D eigenvalue weighted by molar-refractivity contribution is -0.137. The number of phenols is 1. The van der Waals surface area contributed by atoms with Crippen molar-refractivity contribution in [3.8, 4) is 17.2 Å². The summed E-state index contributed by atoms with van der Waals surface area (Å²) in [4.78, 5) is 14.2. The van der Waals surface area contributed by atoms with Gasteiger partial charge in [0, 0.05) is 18.5 Å². The Balaban J connectivity index is 2.21. The number of pyridine rings is 1. The SMILES string of the molecule is CC(C)c1cc(Oc2c(Cl)c(F)nc(NCCCCC(=O)O)c2Cl)ccc1O. The number of aromatic nitrogens is 1. The largest absolute Gasteiger partial charge is 0.508 e. The van der Waals surface area contributed by atoms with Crippen LogP contribution in [0.25, 0.3) is 0 Å². The maximum atomic E-state index is 14.1. The Morgan fingerprint density at radius 2 is 2.00 bits per heavy atom. The number of ether oxygens (including phenoxy) is 1. The third kappa shape index (κ3) is 5.62. The van der Waals surface area contributed by atoms with Gasteiger partial charge >= 0.3 is 5.97 Å². The number of unbranched alkanes of at least 4 members (excludes halogenated alkanes) is 1. The van der Waals surface area contributed by atoms with E-state index in [0.717, 1.165) is 0 Å². The summed E-state index contributed by atoms with van der Waals surface area (Å²) < 4.78 is 19.8. The van der Waals surface area contributed by atoms with Crippen molar-refractivity contribution in [2.24, 2.45) is 0 Å². The highest BCUT2D eigenvalue weighted by Gasteiger charge is 2.20. The van der Waals surface area contributed by atoms with Crippen LogP contribution in [0, 0.1) is 5.95 Å². The lowest BCUT2D eigenvalue weighted by Crippen LogP contribution is -2.07. The molecule has 0 fully saturated rings. The number of hydrogen-bond donors (Lipinski definition) is 3. The van der Waals surface area contributed by atoms with Crippen LogP contribution in [0.2, 0.25) is 10.0 Å². The predicted molar refractivity (Wildman–Crippen MR) is 106 cm³/mol. The summed E-state index contributed by atoms with van der Waals surface area (Å²) in [5, 5.41) is 21.1. The number of phenolic OH excluding ortho intramolecular Hbond substituents is 1. The van der Waals surface area contributed by atoms with Gasteiger partial charge in [0.15, 0.2) is 11.6 Å². The molecular formula is C19H21Cl2FN2O4. The van der Waals surface area contributed by atoms with Crippen molar-refractivity contribution in [2.45, 2.75) is 39.0 Å². The monoisotopic (exact) mass is 430 g/mol. The van der Waals surface area contributed by atoms with Gasteiger partial charge in [0.05, 0.1) is 0 Å². The minimum atomic E-state index is -0.947. The van der Waals surface area contributed by atoms with Gasteiger partial charge in [-0.25, -0.2) is 0 Å². The molecule has 0 spiro atoms. The van der Waals surface area contributed by atoms with Crippen molar-refractivity contribution in [1.29, 1.82) is 0 Å². The van der Waals surface area contributed by atoms with Crippen molar-refractivity contribution in [3.63, 3.8) is 0 Å². The topological polar surface area (TPSA) is 91.7 Å². The summed E-state index contributed by atoms with van der Waals surface area (Å²) in [6, 6.07) is 4.63. The van der Waals surface area contributed by atoms with E-state index >= 15 is 0 Å². The van der Waals surface area contributed by atoms with E-state index in [1.165, 1.54) is 12.1 Å². The molecule has 0 saturated heterocycles. The Kier molecular flexibility index (Phi) is 7.71. The van der Waals surface area contributed by atoms with E-state index in [4.69, 9.17) is 33.0 Å². The Labute approximate surface area is 172 Å². The number of carboxylic acid groups (broad SMARTS) is 1. The van der Waals surface area contributed by atoms with E-state index in [1.54, 1.807) is 6.07 Å². The van der Waals surface area contributed by atoms with Gasteiger partial charge in [0.1, 0.15) is 21.5 Å². The Bertz CT molecular complexity index is 862. The average Bonchev–Trinajstić information content (AvgIpc) is 2.63. The molecule has 6 nitrogen and oxygen atoms in total. The fraction of sp³-hybridized carbons (Fsp3) is 0.368. The first kappa shape index (κ1) is 22.0. The van der Waals surface area contributed by atoms with Gasteiger partial charge in [-0.05, 0) is 37.0 Å². The number of rotatable bonds is 9. The smallest absolute Gasteiger partial charge is 0.303 e. The zero-order valence-corrected chi connectivity index (χ0v) is 16.9. The number of anilines is 1. The summed E-state index contributed by atoms with van der Waals surface area (Å²) in [7, 11) is 0. The summed E-state index contributed by atoms with van der Waals surface area (Å²) in [5.74, 6) is -1.35. The van der Waals surface area contributed by atoms with E-state index in [0.29, 0.717) is 30.7 Å². The lowest BCUT2D eigenvalue weighted by Gasteiger charge is -2.15. The molecular weight excluding hydrogens is 410 g/mol. The van der Waals surface area contributed by atoms with Gasteiger partial charge in [-0.1, -0.05) is 37.0 Å². The molecule has 1 aromatic carbocycles. The van der Waals surface area contributed by atoms with Gasteiger partial charge in [0.2, 0.25) is 5.95 Å². The number of aromatic hydroxyl groups is 1. The summed E-state index contributed by atoms with van der Waals surface area (Å²) >= 11 is 12.3. The number of nitrogens with zero attached hydrogens (tertiary/aromatic N) is 1. The highest BCUT2D eigenvalue weighted by atomic mass is 35.5. The van der Waals surface area contributed by atoms with Crippen LogP contribution >= 0.6 is 23.2 Å². The molecule has 3 N–H and O–H groups in total. The van der Waals surface area contributed by atoms with Crippen LogP contribution in [-0.2, 0) is 4.79 Å². The van der Waals surface area contributed by atoms with Crippen molar-refractivity contribution in [2.75, 3.05) is 11.9 Å². The van der Waals surface area contributed by atoms with Crippen LogP contribution in [0.15, 0.2) is 18.2 Å². The highest BCUT2D eigenvalue weighted by Crippen LogP contribution is 2.42. The highest BCUT2D eigenvalue weighted by molar-refractivity contribution is 6.38. The van der Waals surface area contributed by atoms with Crippen molar-refractivity contribution < 1.29 is 24.1 Å². The van der Waals surface area contributed by atoms with Gasteiger partial charge in [-0.3, -0.25) is 4.79 Å². The molecule has 0 aliphatic carbocycles. The molecule has 2 rings (SSSR count). The quantitative estimate of drug-likeness (QED) is 0.343. The number of hydrogen-bond acceptors (Lipinski definition) is 5. The molecule has 152 valence electrons. The average molecular weight is 431 g/mol. The van der Waals surface area contributed by atoms with Gasteiger partial charge in [-0.2, -0.15) is 9.37 Å². The van der Waals surface area contributed by atoms with Gasteiger partial charge in [-0.15, -0.1) is 0 Å². The Morgan fingerprint density at radius 3 is 2.64 bits per heavy atom. The number of benzene rings is 1. The van der Waals surface area contributed by atoms with Crippen LogP contribution in [0.4, 0.5) is 10.2 Å². The first-order chi connectivity index (χ1) is 13.2. The second kappa shape index (κ2) is 9.80. The number of nitrogens with one attached hydrogen (secondary N) is 1. The van der Waals surface area contributed by atoms with E-state index < -0.39 is 11.9 Å². The normalized spacial score (nSPS) is 10.9. The number of carboxylic acids is 1. The third-order valence-electron chi connectivity index (χ3n) is 3.95. The number of carbonyl (C=O) groups is 1. The van der Waals surface area contributed by atoms with Crippen LogP contribution in [0.3, 0.4) is 0 Å². The maximum absolute atomic E-state index is 14.1. The first-order valence-corrected chi connectivity index (χ1v) is 9.47.